The van der Waals surface area contributed by atoms with Crippen LogP contribution in [0.25, 0.3) is 0 Å². The molecule has 17 heavy (non-hydrogen) atoms. The van der Waals surface area contributed by atoms with Crippen molar-refractivity contribution in [2.45, 2.75) is 77.7 Å². The van der Waals surface area contributed by atoms with Crippen molar-refractivity contribution in [2.75, 3.05) is 6.54 Å². The number of carbonyl (C=O) groups excluding carboxylic acids is 1. The van der Waals surface area contributed by atoms with Crippen molar-refractivity contribution in [2.24, 2.45) is 5.73 Å². The Kier molecular flexibility index (Phi) is 11.5. The van der Waals surface area contributed by atoms with Crippen LogP contribution >= 0.6 is 0 Å². The summed E-state index contributed by atoms with van der Waals surface area (Å²) in [5.74, 6) is -0.0872. The molecular formula is C14H29NO2. The van der Waals surface area contributed by atoms with Gasteiger partial charge in [-0.3, -0.25) is 4.79 Å². The van der Waals surface area contributed by atoms with Gasteiger partial charge in [-0.2, -0.15) is 0 Å². The van der Waals surface area contributed by atoms with Crippen LogP contribution in [0, 0.1) is 0 Å². The summed E-state index contributed by atoms with van der Waals surface area (Å²) in [6.45, 7) is 4.85. The number of ether oxygens (including phenoxy) is 1. The lowest BCUT2D eigenvalue weighted by Crippen LogP contribution is -2.18. The molecule has 0 bridgehead atoms. The van der Waals surface area contributed by atoms with Gasteiger partial charge in [-0.05, 0) is 32.2 Å². The largest absolute Gasteiger partial charge is 0.462 e. The molecule has 0 radical (unpaired) electrons. The van der Waals surface area contributed by atoms with Crippen molar-refractivity contribution in [3.63, 3.8) is 0 Å². The first-order chi connectivity index (χ1) is 8.24. The fourth-order valence-electron chi connectivity index (χ4n) is 1.81. The van der Waals surface area contributed by atoms with Crippen LogP contribution in [0.1, 0.15) is 71.6 Å². The highest BCUT2D eigenvalue weighted by atomic mass is 16.5. The minimum absolute atomic E-state index is 0.0872. The molecule has 0 aromatic carbocycles. The third kappa shape index (κ3) is 10.3. The Morgan fingerprint density at radius 3 is 2.41 bits per heavy atom. The SMILES string of the molecule is CCCCCCCC(CC)OC(=O)CCCN. The number of nitrogens with two attached hydrogens (primary N) is 1. The van der Waals surface area contributed by atoms with Crippen molar-refractivity contribution < 1.29 is 9.53 Å². The van der Waals surface area contributed by atoms with Crippen LogP contribution < -0.4 is 5.73 Å². The lowest BCUT2D eigenvalue weighted by atomic mass is 10.1. The molecule has 102 valence electrons. The van der Waals surface area contributed by atoms with Gasteiger partial charge in [0.1, 0.15) is 6.10 Å². The van der Waals surface area contributed by atoms with E-state index in [0.717, 1.165) is 19.3 Å². The van der Waals surface area contributed by atoms with Crippen LogP contribution in [0.15, 0.2) is 0 Å². The van der Waals surface area contributed by atoms with Gasteiger partial charge >= 0.3 is 5.97 Å². The van der Waals surface area contributed by atoms with E-state index in [-0.39, 0.29) is 12.1 Å². The smallest absolute Gasteiger partial charge is 0.306 e. The molecule has 0 rings (SSSR count). The average molecular weight is 243 g/mol. The van der Waals surface area contributed by atoms with Gasteiger partial charge in [0.2, 0.25) is 0 Å². The number of carbonyl (C=O) groups is 1. The zero-order valence-corrected chi connectivity index (χ0v) is 11.5. The number of rotatable bonds is 11. The van der Waals surface area contributed by atoms with Gasteiger partial charge in [0, 0.05) is 6.42 Å². The summed E-state index contributed by atoms with van der Waals surface area (Å²) in [4.78, 5) is 11.4. The van der Waals surface area contributed by atoms with Crippen molar-refractivity contribution >= 4 is 5.97 Å². The molecular weight excluding hydrogens is 214 g/mol. The van der Waals surface area contributed by atoms with E-state index < -0.39 is 0 Å². The van der Waals surface area contributed by atoms with Gasteiger partial charge in [0.05, 0.1) is 0 Å². The Bertz CT molecular complexity index is 183. The minimum atomic E-state index is -0.0872. The summed E-state index contributed by atoms with van der Waals surface area (Å²) >= 11 is 0. The summed E-state index contributed by atoms with van der Waals surface area (Å²) in [6.07, 6.45) is 9.53. The first-order valence-corrected chi connectivity index (χ1v) is 7.14. The third-order valence-electron chi connectivity index (χ3n) is 2.97. The number of unbranched alkanes of at least 4 members (excludes halogenated alkanes) is 4. The summed E-state index contributed by atoms with van der Waals surface area (Å²) in [5.41, 5.74) is 5.36. The minimum Gasteiger partial charge on any atom is -0.462 e. The van der Waals surface area contributed by atoms with E-state index in [1.807, 2.05) is 0 Å². The lowest BCUT2D eigenvalue weighted by Gasteiger charge is -2.16. The van der Waals surface area contributed by atoms with Crippen LogP contribution in [-0.4, -0.2) is 18.6 Å². The molecule has 0 spiro atoms. The molecule has 0 saturated carbocycles. The van der Waals surface area contributed by atoms with E-state index in [4.69, 9.17) is 10.5 Å². The summed E-state index contributed by atoms with van der Waals surface area (Å²) in [5, 5.41) is 0. The van der Waals surface area contributed by atoms with Crippen molar-refractivity contribution in [3.05, 3.63) is 0 Å². The lowest BCUT2D eigenvalue weighted by molar-refractivity contribution is -0.149. The maximum absolute atomic E-state index is 11.4. The summed E-state index contributed by atoms with van der Waals surface area (Å²) in [6, 6.07) is 0. The fourth-order valence-corrected chi connectivity index (χ4v) is 1.81. The van der Waals surface area contributed by atoms with Gasteiger partial charge in [-0.25, -0.2) is 0 Å². The number of esters is 1. The second-order valence-corrected chi connectivity index (χ2v) is 4.62. The molecule has 1 unspecified atom stereocenters. The molecule has 3 heteroatoms. The molecule has 1 atom stereocenters. The van der Waals surface area contributed by atoms with Crippen molar-refractivity contribution in [1.82, 2.24) is 0 Å². The molecule has 0 amide bonds. The molecule has 3 nitrogen and oxygen atoms in total. The first-order valence-electron chi connectivity index (χ1n) is 7.14. The van der Waals surface area contributed by atoms with E-state index >= 15 is 0 Å². The van der Waals surface area contributed by atoms with Gasteiger partial charge in [0.15, 0.2) is 0 Å². The van der Waals surface area contributed by atoms with Gasteiger partial charge in [0.25, 0.3) is 0 Å². The van der Waals surface area contributed by atoms with E-state index in [9.17, 15) is 4.79 Å². The Labute approximate surface area is 106 Å². The van der Waals surface area contributed by atoms with Gasteiger partial charge in [-0.15, -0.1) is 0 Å². The molecule has 0 heterocycles. The Hall–Kier alpha value is -0.570. The second-order valence-electron chi connectivity index (χ2n) is 4.62. The summed E-state index contributed by atoms with van der Waals surface area (Å²) < 4.78 is 5.41. The van der Waals surface area contributed by atoms with E-state index in [1.165, 1.54) is 32.1 Å². The summed E-state index contributed by atoms with van der Waals surface area (Å²) in [7, 11) is 0. The van der Waals surface area contributed by atoms with Gasteiger partial charge < -0.3 is 10.5 Å². The number of hydrogen-bond acceptors (Lipinski definition) is 3. The van der Waals surface area contributed by atoms with Crippen LogP contribution in [0.4, 0.5) is 0 Å². The zero-order chi connectivity index (χ0) is 12.9. The van der Waals surface area contributed by atoms with Crippen LogP contribution in [-0.2, 0) is 9.53 Å². The van der Waals surface area contributed by atoms with Crippen molar-refractivity contribution in [3.8, 4) is 0 Å². The molecule has 0 saturated heterocycles. The second kappa shape index (κ2) is 11.9. The van der Waals surface area contributed by atoms with Crippen LogP contribution in [0.5, 0.6) is 0 Å². The maximum atomic E-state index is 11.4. The Morgan fingerprint density at radius 2 is 1.82 bits per heavy atom. The highest BCUT2D eigenvalue weighted by molar-refractivity contribution is 5.69. The predicted octanol–water partition coefficient (Wildman–Crippen LogP) is 3.41. The van der Waals surface area contributed by atoms with E-state index in [0.29, 0.717) is 13.0 Å². The topological polar surface area (TPSA) is 52.3 Å². The number of hydrogen-bond donors (Lipinski definition) is 1. The van der Waals surface area contributed by atoms with Gasteiger partial charge in [-0.1, -0.05) is 39.5 Å². The highest BCUT2D eigenvalue weighted by Crippen LogP contribution is 2.12. The quantitative estimate of drug-likeness (QED) is 0.447. The normalized spacial score (nSPS) is 12.4. The zero-order valence-electron chi connectivity index (χ0n) is 11.5. The molecule has 0 fully saturated rings. The average Bonchev–Trinajstić information content (AvgIpc) is 2.34. The molecule has 0 aliphatic carbocycles. The van der Waals surface area contributed by atoms with Crippen molar-refractivity contribution in [1.29, 1.82) is 0 Å². The highest BCUT2D eigenvalue weighted by Gasteiger charge is 2.11. The van der Waals surface area contributed by atoms with E-state index in [2.05, 4.69) is 13.8 Å². The predicted molar refractivity (Wildman–Crippen MR) is 71.8 cm³/mol. The molecule has 2 N–H and O–H groups in total. The molecule has 0 aromatic rings. The van der Waals surface area contributed by atoms with Crippen LogP contribution in [0.2, 0.25) is 0 Å². The molecule has 0 aliphatic heterocycles. The van der Waals surface area contributed by atoms with E-state index in [1.54, 1.807) is 0 Å². The van der Waals surface area contributed by atoms with Crippen LogP contribution in [0.3, 0.4) is 0 Å². The standard InChI is InChI=1S/C14H29NO2/c1-3-5-6-7-8-10-13(4-2)17-14(16)11-9-12-15/h13H,3-12,15H2,1-2H3. The fraction of sp³-hybridized carbons (Fsp3) is 0.929. The third-order valence-corrected chi connectivity index (χ3v) is 2.97. The Balaban J connectivity index is 3.57. The molecule has 0 aliphatic rings. The Morgan fingerprint density at radius 1 is 1.12 bits per heavy atom. The monoisotopic (exact) mass is 243 g/mol. The maximum Gasteiger partial charge on any atom is 0.306 e. The first kappa shape index (κ1) is 16.4. The molecule has 0 aromatic heterocycles.